The number of urea groups is 1. The van der Waals surface area contributed by atoms with Crippen LogP contribution in [0.3, 0.4) is 0 Å². The van der Waals surface area contributed by atoms with Gasteiger partial charge in [-0.2, -0.15) is 0 Å². The molecule has 0 saturated carbocycles. The van der Waals surface area contributed by atoms with Gasteiger partial charge in [-0.3, -0.25) is 9.69 Å². The zero-order valence-electron chi connectivity index (χ0n) is 12.9. The second-order valence-electron chi connectivity index (χ2n) is 6.16. The number of carbonyl (C=O) groups excluding carboxylic acids is 1. The normalized spacial score (nSPS) is 24.2. The van der Waals surface area contributed by atoms with Crippen LogP contribution in [0.5, 0.6) is 0 Å². The van der Waals surface area contributed by atoms with Gasteiger partial charge in [-0.05, 0) is 38.8 Å². The molecule has 120 valence electrons. The molecule has 0 aromatic carbocycles. The number of likely N-dealkylation sites (tertiary alicyclic amines) is 2. The lowest BCUT2D eigenvalue weighted by molar-refractivity contribution is -0.137. The lowest BCUT2D eigenvalue weighted by Gasteiger charge is -2.25. The number of carbonyl (C=O) groups is 2. The van der Waals surface area contributed by atoms with Gasteiger partial charge in [-0.15, -0.1) is 0 Å². The van der Waals surface area contributed by atoms with Gasteiger partial charge in [-0.25, -0.2) is 4.79 Å². The van der Waals surface area contributed by atoms with Gasteiger partial charge >= 0.3 is 12.0 Å². The summed E-state index contributed by atoms with van der Waals surface area (Å²) >= 11 is 0. The summed E-state index contributed by atoms with van der Waals surface area (Å²) in [5.41, 5.74) is 0. The molecular weight excluding hydrogens is 270 g/mol. The number of nitrogens with one attached hydrogen (secondary N) is 1. The van der Waals surface area contributed by atoms with Crippen molar-refractivity contribution in [2.75, 3.05) is 26.2 Å². The first-order valence-electron chi connectivity index (χ1n) is 8.11. The van der Waals surface area contributed by atoms with Gasteiger partial charge in [0.2, 0.25) is 0 Å². The fourth-order valence-corrected chi connectivity index (χ4v) is 3.38. The van der Waals surface area contributed by atoms with Crippen molar-refractivity contribution in [1.29, 1.82) is 0 Å². The minimum Gasteiger partial charge on any atom is -0.481 e. The first kappa shape index (κ1) is 16.1. The van der Waals surface area contributed by atoms with Gasteiger partial charge in [0, 0.05) is 25.2 Å². The van der Waals surface area contributed by atoms with E-state index < -0.39 is 5.97 Å². The highest BCUT2D eigenvalue weighted by molar-refractivity contribution is 5.76. The molecular formula is C15H27N3O3. The summed E-state index contributed by atoms with van der Waals surface area (Å²) in [6.07, 6.45) is 5.14. The van der Waals surface area contributed by atoms with Crippen molar-refractivity contribution in [1.82, 2.24) is 15.1 Å². The molecule has 2 atom stereocenters. The Kier molecular flexibility index (Phi) is 5.85. The predicted molar refractivity (Wildman–Crippen MR) is 80.3 cm³/mol. The van der Waals surface area contributed by atoms with Crippen LogP contribution >= 0.6 is 0 Å². The van der Waals surface area contributed by atoms with Crippen LogP contribution in [0.1, 0.15) is 45.4 Å². The predicted octanol–water partition coefficient (Wildman–Crippen LogP) is 1.51. The van der Waals surface area contributed by atoms with E-state index in [0.717, 1.165) is 39.0 Å². The van der Waals surface area contributed by atoms with Gasteiger partial charge < -0.3 is 15.3 Å². The molecule has 21 heavy (non-hydrogen) atoms. The van der Waals surface area contributed by atoms with E-state index in [2.05, 4.69) is 10.2 Å². The van der Waals surface area contributed by atoms with E-state index in [1.807, 2.05) is 11.8 Å². The Morgan fingerprint density at radius 3 is 2.62 bits per heavy atom. The fraction of sp³-hybridized carbons (Fsp3) is 0.867. The first-order chi connectivity index (χ1) is 10.1. The van der Waals surface area contributed by atoms with E-state index >= 15 is 0 Å². The molecule has 2 N–H and O–H groups in total. The minimum atomic E-state index is -0.856. The van der Waals surface area contributed by atoms with E-state index in [1.165, 1.54) is 12.8 Å². The van der Waals surface area contributed by atoms with Crippen LogP contribution in [0.4, 0.5) is 4.79 Å². The molecule has 2 rings (SSSR count). The summed E-state index contributed by atoms with van der Waals surface area (Å²) in [4.78, 5) is 27.4. The van der Waals surface area contributed by atoms with Crippen LogP contribution in [0.25, 0.3) is 0 Å². The molecule has 0 aromatic heterocycles. The average molecular weight is 297 g/mol. The number of rotatable bonds is 6. The summed E-state index contributed by atoms with van der Waals surface area (Å²) in [5.74, 6) is -0.856. The van der Waals surface area contributed by atoms with Crippen molar-refractivity contribution in [3.63, 3.8) is 0 Å². The molecule has 2 fully saturated rings. The van der Waals surface area contributed by atoms with Crippen LogP contribution in [-0.4, -0.2) is 65.2 Å². The zero-order valence-corrected chi connectivity index (χ0v) is 12.9. The van der Waals surface area contributed by atoms with E-state index in [1.54, 1.807) is 0 Å². The van der Waals surface area contributed by atoms with Gasteiger partial charge in [0.05, 0.1) is 6.42 Å². The molecule has 0 aliphatic carbocycles. The lowest BCUT2D eigenvalue weighted by atomic mass is 10.1. The summed E-state index contributed by atoms with van der Waals surface area (Å²) in [6.45, 7) is 5.85. The van der Waals surface area contributed by atoms with Crippen molar-refractivity contribution in [2.45, 2.75) is 57.5 Å². The summed E-state index contributed by atoms with van der Waals surface area (Å²) in [7, 11) is 0. The van der Waals surface area contributed by atoms with Crippen LogP contribution in [-0.2, 0) is 4.79 Å². The standard InChI is InChI=1S/C15H27N3O3/c1-2-5-12(10-14(19)20)16-15(21)18-9-6-13(11-18)17-7-3-4-8-17/h12-13H,2-11H2,1H3,(H,16,21)(H,19,20). The van der Waals surface area contributed by atoms with Crippen LogP contribution in [0.15, 0.2) is 0 Å². The molecule has 2 heterocycles. The maximum Gasteiger partial charge on any atom is 0.317 e. The highest BCUT2D eigenvalue weighted by Crippen LogP contribution is 2.20. The minimum absolute atomic E-state index is 0.00295. The quantitative estimate of drug-likeness (QED) is 0.779. The SMILES string of the molecule is CCCC(CC(=O)O)NC(=O)N1CCC(N2CCCC2)C1. The third-order valence-electron chi connectivity index (χ3n) is 4.49. The Bertz CT molecular complexity index is 369. The molecule has 6 nitrogen and oxygen atoms in total. The third kappa shape index (κ3) is 4.59. The number of carboxylic acid groups (broad SMARTS) is 1. The Morgan fingerprint density at radius 2 is 2.00 bits per heavy atom. The topological polar surface area (TPSA) is 72.9 Å². The molecule has 0 spiro atoms. The largest absolute Gasteiger partial charge is 0.481 e. The lowest BCUT2D eigenvalue weighted by Crippen LogP contribution is -2.46. The van der Waals surface area contributed by atoms with Crippen LogP contribution < -0.4 is 5.32 Å². The highest BCUT2D eigenvalue weighted by atomic mass is 16.4. The van der Waals surface area contributed by atoms with E-state index in [4.69, 9.17) is 5.11 Å². The Morgan fingerprint density at radius 1 is 1.29 bits per heavy atom. The van der Waals surface area contributed by atoms with Crippen molar-refractivity contribution in [3.05, 3.63) is 0 Å². The molecule has 0 radical (unpaired) electrons. The number of amides is 2. The molecule has 2 aliphatic heterocycles. The maximum atomic E-state index is 12.3. The molecule has 2 amide bonds. The van der Waals surface area contributed by atoms with Gasteiger partial charge in [0.15, 0.2) is 0 Å². The first-order valence-corrected chi connectivity index (χ1v) is 8.11. The van der Waals surface area contributed by atoms with E-state index in [0.29, 0.717) is 12.5 Å². The Hall–Kier alpha value is -1.30. The van der Waals surface area contributed by atoms with Gasteiger partial charge in [-0.1, -0.05) is 13.3 Å². The average Bonchev–Trinajstić information content (AvgIpc) is 3.09. The molecule has 0 aromatic rings. The number of aliphatic carboxylic acids is 1. The molecule has 2 unspecified atom stereocenters. The van der Waals surface area contributed by atoms with Crippen LogP contribution in [0, 0.1) is 0 Å². The summed E-state index contributed by atoms with van der Waals surface area (Å²) in [5, 5.41) is 11.8. The highest BCUT2D eigenvalue weighted by Gasteiger charge is 2.32. The number of nitrogens with zero attached hydrogens (tertiary/aromatic N) is 2. The van der Waals surface area contributed by atoms with Gasteiger partial charge in [0.1, 0.15) is 0 Å². The van der Waals surface area contributed by atoms with E-state index in [-0.39, 0.29) is 18.5 Å². The zero-order chi connectivity index (χ0) is 15.2. The van der Waals surface area contributed by atoms with E-state index in [9.17, 15) is 9.59 Å². The van der Waals surface area contributed by atoms with Crippen molar-refractivity contribution < 1.29 is 14.7 Å². The number of hydrogen-bond acceptors (Lipinski definition) is 3. The number of hydrogen-bond donors (Lipinski definition) is 2. The Balaban J connectivity index is 1.80. The number of carboxylic acids is 1. The molecule has 6 heteroatoms. The van der Waals surface area contributed by atoms with Crippen molar-refractivity contribution in [3.8, 4) is 0 Å². The summed E-state index contributed by atoms with van der Waals surface area (Å²) in [6, 6.07) is 0.129. The molecule has 0 bridgehead atoms. The molecule has 2 saturated heterocycles. The maximum absolute atomic E-state index is 12.3. The van der Waals surface area contributed by atoms with Crippen molar-refractivity contribution >= 4 is 12.0 Å². The molecule has 2 aliphatic rings. The third-order valence-corrected chi connectivity index (χ3v) is 4.49. The fourth-order valence-electron chi connectivity index (χ4n) is 3.38. The monoisotopic (exact) mass is 297 g/mol. The van der Waals surface area contributed by atoms with Gasteiger partial charge in [0.25, 0.3) is 0 Å². The van der Waals surface area contributed by atoms with Crippen molar-refractivity contribution in [2.24, 2.45) is 0 Å². The second-order valence-corrected chi connectivity index (χ2v) is 6.16. The second kappa shape index (κ2) is 7.64. The van der Waals surface area contributed by atoms with Crippen LogP contribution in [0.2, 0.25) is 0 Å². The summed E-state index contributed by atoms with van der Waals surface area (Å²) < 4.78 is 0. The Labute approximate surface area is 126 Å². The smallest absolute Gasteiger partial charge is 0.317 e.